The number of amides is 1. The maximum atomic E-state index is 12.0. The molecule has 0 aliphatic heterocycles. The molecule has 0 aliphatic carbocycles. The van der Waals surface area contributed by atoms with Crippen LogP contribution in [0.15, 0.2) is 40.3 Å². The molecule has 8 nitrogen and oxygen atoms in total. The van der Waals surface area contributed by atoms with Crippen molar-refractivity contribution in [1.29, 1.82) is 0 Å². The molecule has 1 heterocycles. The van der Waals surface area contributed by atoms with Crippen molar-refractivity contribution in [3.05, 3.63) is 46.2 Å². The van der Waals surface area contributed by atoms with Crippen LogP contribution < -0.4 is 10.9 Å². The third kappa shape index (κ3) is 4.85. The lowest BCUT2D eigenvalue weighted by Crippen LogP contribution is -2.15. The molecule has 1 amide bonds. The molecular formula is C15H15N3O5S. The minimum Gasteiger partial charge on any atom is -0.493 e. The van der Waals surface area contributed by atoms with Crippen molar-refractivity contribution in [1.82, 2.24) is 9.97 Å². The predicted octanol–water partition coefficient (Wildman–Crippen LogP) is 1.38. The number of carbonyl (C=O) groups excluding carboxylic acids is 2. The Hall–Kier alpha value is -2.81. The number of aromatic amines is 1. The lowest BCUT2D eigenvalue weighted by atomic mass is 10.2. The summed E-state index contributed by atoms with van der Waals surface area (Å²) in [5.41, 5.74) is 0.157. The van der Waals surface area contributed by atoms with Gasteiger partial charge < -0.3 is 20.1 Å². The zero-order chi connectivity index (χ0) is 17.5. The molecule has 9 heteroatoms. The number of anilines is 1. The molecule has 0 radical (unpaired) electrons. The highest BCUT2D eigenvalue weighted by molar-refractivity contribution is 7.99. The van der Waals surface area contributed by atoms with Gasteiger partial charge in [-0.1, -0.05) is 23.9 Å². The molecule has 126 valence electrons. The lowest BCUT2D eigenvalue weighted by Gasteiger charge is -2.09. The highest BCUT2D eigenvalue weighted by Crippen LogP contribution is 2.18. The molecule has 0 saturated carbocycles. The summed E-state index contributed by atoms with van der Waals surface area (Å²) in [7, 11) is 1.26. The van der Waals surface area contributed by atoms with Crippen LogP contribution in [0.25, 0.3) is 0 Å². The van der Waals surface area contributed by atoms with E-state index in [1.807, 2.05) is 0 Å². The second kappa shape index (κ2) is 8.16. The first kappa shape index (κ1) is 17.5. The molecule has 0 spiro atoms. The fourth-order valence-corrected chi connectivity index (χ4v) is 2.64. The van der Waals surface area contributed by atoms with Crippen molar-refractivity contribution in [2.75, 3.05) is 18.2 Å². The molecule has 1 aromatic carbocycles. The quantitative estimate of drug-likeness (QED) is 0.409. The van der Waals surface area contributed by atoms with Gasteiger partial charge in [-0.3, -0.25) is 9.59 Å². The SMILES string of the molecule is COC(=O)c1ccccc1NC(=O)CCSc1nc(O)cc(=O)[nH]1. The first-order valence-electron chi connectivity index (χ1n) is 6.90. The molecule has 0 aliphatic rings. The maximum absolute atomic E-state index is 12.0. The predicted molar refractivity (Wildman–Crippen MR) is 88.3 cm³/mol. The Morgan fingerprint density at radius 3 is 2.83 bits per heavy atom. The maximum Gasteiger partial charge on any atom is 0.339 e. The largest absolute Gasteiger partial charge is 0.493 e. The van der Waals surface area contributed by atoms with Gasteiger partial charge in [0.2, 0.25) is 11.8 Å². The molecular weight excluding hydrogens is 334 g/mol. The van der Waals surface area contributed by atoms with Gasteiger partial charge in [0, 0.05) is 12.2 Å². The van der Waals surface area contributed by atoms with E-state index in [1.165, 1.54) is 7.11 Å². The highest BCUT2D eigenvalue weighted by atomic mass is 32.2. The van der Waals surface area contributed by atoms with Crippen molar-refractivity contribution < 1.29 is 19.4 Å². The first-order valence-corrected chi connectivity index (χ1v) is 7.88. The number of rotatable bonds is 6. The number of hydrogen-bond donors (Lipinski definition) is 3. The van der Waals surface area contributed by atoms with Gasteiger partial charge in [-0.15, -0.1) is 0 Å². The van der Waals surface area contributed by atoms with E-state index in [-0.39, 0.29) is 28.9 Å². The number of nitrogens with zero attached hydrogens (tertiary/aromatic N) is 1. The van der Waals surface area contributed by atoms with E-state index >= 15 is 0 Å². The number of esters is 1. The van der Waals surface area contributed by atoms with Crippen molar-refractivity contribution in [3.63, 3.8) is 0 Å². The van der Waals surface area contributed by atoms with Gasteiger partial charge in [0.05, 0.1) is 24.4 Å². The van der Waals surface area contributed by atoms with Gasteiger partial charge in [-0.2, -0.15) is 4.98 Å². The Labute approximate surface area is 141 Å². The number of nitrogens with one attached hydrogen (secondary N) is 2. The van der Waals surface area contributed by atoms with Crippen LogP contribution in [0.3, 0.4) is 0 Å². The van der Waals surface area contributed by atoms with Crippen molar-refractivity contribution >= 4 is 29.3 Å². The molecule has 0 saturated heterocycles. The Kier molecular flexibility index (Phi) is 5.96. The number of aromatic nitrogens is 2. The average molecular weight is 349 g/mol. The number of H-pyrrole nitrogens is 1. The summed E-state index contributed by atoms with van der Waals surface area (Å²) in [4.78, 5) is 41.0. The Balaban J connectivity index is 1.92. The number of aromatic hydroxyl groups is 1. The Morgan fingerprint density at radius 2 is 2.12 bits per heavy atom. The van der Waals surface area contributed by atoms with Crippen LogP contribution in [0.5, 0.6) is 5.88 Å². The zero-order valence-electron chi connectivity index (χ0n) is 12.7. The van der Waals surface area contributed by atoms with E-state index in [0.717, 1.165) is 17.8 Å². The van der Waals surface area contributed by atoms with Crippen LogP contribution >= 0.6 is 11.8 Å². The topological polar surface area (TPSA) is 121 Å². The number of para-hydroxylation sites is 1. The van der Waals surface area contributed by atoms with Gasteiger partial charge in [0.25, 0.3) is 5.56 Å². The molecule has 2 rings (SSSR count). The fraction of sp³-hybridized carbons (Fsp3) is 0.200. The second-order valence-corrected chi connectivity index (χ2v) is 5.68. The summed E-state index contributed by atoms with van der Waals surface area (Å²) < 4.78 is 4.66. The van der Waals surface area contributed by atoms with Crippen molar-refractivity contribution in [3.8, 4) is 5.88 Å². The smallest absolute Gasteiger partial charge is 0.339 e. The van der Waals surface area contributed by atoms with Gasteiger partial charge in [0.15, 0.2) is 5.16 Å². The summed E-state index contributed by atoms with van der Waals surface area (Å²) in [6.07, 6.45) is 0.125. The number of methoxy groups -OCH3 is 1. The Bertz CT molecular complexity index is 806. The molecule has 3 N–H and O–H groups in total. The first-order chi connectivity index (χ1) is 11.5. The van der Waals surface area contributed by atoms with Crippen LogP contribution in [0, 0.1) is 0 Å². The zero-order valence-corrected chi connectivity index (χ0v) is 13.6. The monoisotopic (exact) mass is 349 g/mol. The summed E-state index contributed by atoms with van der Waals surface area (Å²) in [6, 6.07) is 7.48. The van der Waals surface area contributed by atoms with E-state index in [2.05, 4.69) is 20.0 Å². The van der Waals surface area contributed by atoms with E-state index in [0.29, 0.717) is 11.4 Å². The molecule has 1 aromatic heterocycles. The fourth-order valence-electron chi connectivity index (χ4n) is 1.82. The van der Waals surface area contributed by atoms with Crippen LogP contribution in [0.4, 0.5) is 5.69 Å². The molecule has 0 unspecified atom stereocenters. The van der Waals surface area contributed by atoms with Crippen LogP contribution in [-0.4, -0.2) is 39.8 Å². The van der Waals surface area contributed by atoms with Gasteiger partial charge in [-0.25, -0.2) is 4.79 Å². The summed E-state index contributed by atoms with van der Waals surface area (Å²) in [6.45, 7) is 0. The van der Waals surface area contributed by atoms with E-state index in [1.54, 1.807) is 24.3 Å². The van der Waals surface area contributed by atoms with Gasteiger partial charge in [-0.05, 0) is 12.1 Å². The minimum atomic E-state index is -0.540. The normalized spacial score (nSPS) is 10.2. The summed E-state index contributed by atoms with van der Waals surface area (Å²) in [5.74, 6) is -0.889. The summed E-state index contributed by atoms with van der Waals surface area (Å²) in [5, 5.41) is 12.1. The standard InChI is InChI=1S/C15H15N3O5S/c1-23-14(22)9-4-2-3-5-10(9)16-11(19)6-7-24-15-17-12(20)8-13(21)18-15/h2-5,8H,6-7H2,1H3,(H,16,19)(H2,17,18,20,21). The van der Waals surface area contributed by atoms with Gasteiger partial charge >= 0.3 is 5.97 Å². The third-order valence-corrected chi connectivity index (χ3v) is 3.76. The minimum absolute atomic E-state index is 0.125. The average Bonchev–Trinajstić information content (AvgIpc) is 2.53. The van der Waals surface area contributed by atoms with E-state index < -0.39 is 11.5 Å². The molecule has 24 heavy (non-hydrogen) atoms. The van der Waals surface area contributed by atoms with Crippen LogP contribution in [-0.2, 0) is 9.53 Å². The Morgan fingerprint density at radius 1 is 1.38 bits per heavy atom. The third-order valence-electron chi connectivity index (χ3n) is 2.88. The van der Waals surface area contributed by atoms with Crippen molar-refractivity contribution in [2.24, 2.45) is 0 Å². The number of ether oxygens (including phenoxy) is 1. The number of carbonyl (C=O) groups is 2. The number of hydrogen-bond acceptors (Lipinski definition) is 7. The molecule has 0 fully saturated rings. The molecule has 0 bridgehead atoms. The number of thioether (sulfide) groups is 1. The van der Waals surface area contributed by atoms with Gasteiger partial charge in [0.1, 0.15) is 0 Å². The molecule has 0 atom stereocenters. The van der Waals surface area contributed by atoms with Crippen LogP contribution in [0.1, 0.15) is 16.8 Å². The second-order valence-electron chi connectivity index (χ2n) is 4.59. The summed E-state index contributed by atoms with van der Waals surface area (Å²) >= 11 is 1.12. The van der Waals surface area contributed by atoms with E-state index in [9.17, 15) is 19.5 Å². The van der Waals surface area contributed by atoms with Crippen molar-refractivity contribution in [2.45, 2.75) is 11.6 Å². The highest BCUT2D eigenvalue weighted by Gasteiger charge is 2.13. The van der Waals surface area contributed by atoms with Crippen LogP contribution in [0.2, 0.25) is 0 Å². The van der Waals surface area contributed by atoms with E-state index in [4.69, 9.17) is 0 Å². The number of benzene rings is 1. The molecule has 2 aromatic rings. The lowest BCUT2D eigenvalue weighted by molar-refractivity contribution is -0.115.